The maximum absolute atomic E-state index is 12.9. The van der Waals surface area contributed by atoms with E-state index in [1.807, 2.05) is 35.2 Å². The average molecular weight is 458 g/mol. The van der Waals surface area contributed by atoms with Crippen molar-refractivity contribution >= 4 is 40.6 Å². The zero-order chi connectivity index (χ0) is 22.0. The van der Waals surface area contributed by atoms with Crippen LogP contribution < -0.4 is 4.90 Å². The van der Waals surface area contributed by atoms with E-state index in [0.29, 0.717) is 42.7 Å². The number of amides is 1. The number of hydrogen-bond donors (Lipinski definition) is 0. The fraction of sp³-hybridized carbons (Fsp3) is 0.190. The van der Waals surface area contributed by atoms with Crippen LogP contribution in [0.1, 0.15) is 10.4 Å². The number of anilines is 1. The Kier molecular flexibility index (Phi) is 6.01. The number of rotatable bonds is 4. The first-order chi connectivity index (χ1) is 14.9. The van der Waals surface area contributed by atoms with Crippen molar-refractivity contribution in [3.8, 4) is 11.3 Å². The van der Waals surface area contributed by atoms with E-state index in [-0.39, 0.29) is 16.3 Å². The zero-order valence-electron chi connectivity index (χ0n) is 16.2. The molecule has 2 aromatic carbocycles. The Bertz CT molecular complexity index is 1130. The molecular weight excluding hydrogens is 441 g/mol. The Morgan fingerprint density at radius 2 is 1.71 bits per heavy atom. The van der Waals surface area contributed by atoms with Crippen molar-refractivity contribution in [2.75, 3.05) is 31.1 Å². The van der Waals surface area contributed by atoms with E-state index in [1.54, 1.807) is 11.0 Å². The standard InChI is InChI=1S/C21H17Cl2N5O3/c22-14-5-7-19(28(30)31)16(13-14)21(29)27-11-9-26(10-12-27)20-8-6-18(24-25-20)15-3-1-2-4-17(15)23/h1-8,13H,9-12H2. The van der Waals surface area contributed by atoms with Crippen LogP contribution in [0.5, 0.6) is 0 Å². The van der Waals surface area contributed by atoms with Crippen molar-refractivity contribution < 1.29 is 9.72 Å². The summed E-state index contributed by atoms with van der Waals surface area (Å²) in [6.45, 7) is 1.85. The molecule has 31 heavy (non-hydrogen) atoms. The van der Waals surface area contributed by atoms with Crippen LogP contribution in [0.3, 0.4) is 0 Å². The van der Waals surface area contributed by atoms with E-state index in [9.17, 15) is 14.9 Å². The molecule has 10 heteroatoms. The van der Waals surface area contributed by atoms with Gasteiger partial charge in [0, 0.05) is 42.8 Å². The molecule has 0 bridgehead atoms. The lowest BCUT2D eigenvalue weighted by atomic mass is 10.1. The Morgan fingerprint density at radius 1 is 0.968 bits per heavy atom. The zero-order valence-corrected chi connectivity index (χ0v) is 17.8. The van der Waals surface area contributed by atoms with Crippen molar-refractivity contribution in [2.24, 2.45) is 0 Å². The van der Waals surface area contributed by atoms with Crippen LogP contribution in [-0.4, -0.2) is 52.1 Å². The van der Waals surface area contributed by atoms with Gasteiger partial charge in [-0.15, -0.1) is 10.2 Å². The molecule has 0 unspecified atom stereocenters. The largest absolute Gasteiger partial charge is 0.352 e. The molecule has 3 aromatic rings. The molecule has 8 nitrogen and oxygen atoms in total. The summed E-state index contributed by atoms with van der Waals surface area (Å²) in [4.78, 5) is 27.2. The third-order valence-electron chi connectivity index (χ3n) is 5.08. The topological polar surface area (TPSA) is 92.5 Å². The number of nitrogens with zero attached hydrogens (tertiary/aromatic N) is 5. The summed E-state index contributed by atoms with van der Waals surface area (Å²) in [5.74, 6) is 0.283. The van der Waals surface area contributed by atoms with E-state index < -0.39 is 10.8 Å². The molecule has 0 atom stereocenters. The molecule has 1 saturated heterocycles. The second-order valence-corrected chi connectivity index (χ2v) is 7.80. The lowest BCUT2D eigenvalue weighted by Crippen LogP contribution is -2.49. The van der Waals surface area contributed by atoms with Gasteiger partial charge >= 0.3 is 0 Å². The maximum atomic E-state index is 12.9. The first-order valence-electron chi connectivity index (χ1n) is 9.51. The van der Waals surface area contributed by atoms with Crippen molar-refractivity contribution in [1.82, 2.24) is 15.1 Å². The van der Waals surface area contributed by atoms with Gasteiger partial charge in [0.1, 0.15) is 5.56 Å². The number of halogens is 2. The SMILES string of the molecule is O=C(c1cc(Cl)ccc1[N+](=O)[O-])N1CCN(c2ccc(-c3ccccc3Cl)nn2)CC1. The highest BCUT2D eigenvalue weighted by molar-refractivity contribution is 6.33. The van der Waals surface area contributed by atoms with Crippen LogP contribution in [0.4, 0.5) is 11.5 Å². The highest BCUT2D eigenvalue weighted by Crippen LogP contribution is 2.27. The van der Waals surface area contributed by atoms with Crippen LogP contribution in [0.2, 0.25) is 10.0 Å². The van der Waals surface area contributed by atoms with E-state index in [1.165, 1.54) is 18.2 Å². The van der Waals surface area contributed by atoms with Gasteiger partial charge in [-0.05, 0) is 30.3 Å². The molecule has 1 fully saturated rings. The molecular formula is C21H17Cl2N5O3. The van der Waals surface area contributed by atoms with Gasteiger partial charge in [0.05, 0.1) is 15.6 Å². The molecule has 0 aliphatic carbocycles. The highest BCUT2D eigenvalue weighted by Gasteiger charge is 2.28. The van der Waals surface area contributed by atoms with Gasteiger partial charge in [0.25, 0.3) is 11.6 Å². The number of carbonyl (C=O) groups excluding carboxylic acids is 1. The third kappa shape index (κ3) is 4.45. The summed E-state index contributed by atoms with van der Waals surface area (Å²) in [7, 11) is 0. The molecule has 0 saturated carbocycles. The second kappa shape index (κ2) is 8.87. The quantitative estimate of drug-likeness (QED) is 0.427. The monoisotopic (exact) mass is 457 g/mol. The number of hydrogen-bond acceptors (Lipinski definition) is 6. The van der Waals surface area contributed by atoms with Crippen molar-refractivity contribution in [1.29, 1.82) is 0 Å². The molecule has 1 amide bonds. The van der Waals surface area contributed by atoms with E-state index in [0.717, 1.165) is 5.56 Å². The summed E-state index contributed by atoms with van der Waals surface area (Å²) >= 11 is 12.2. The van der Waals surface area contributed by atoms with Gasteiger partial charge in [0.2, 0.25) is 0 Å². The maximum Gasteiger partial charge on any atom is 0.282 e. The average Bonchev–Trinajstić information content (AvgIpc) is 2.79. The van der Waals surface area contributed by atoms with Crippen molar-refractivity contribution in [3.63, 3.8) is 0 Å². The summed E-state index contributed by atoms with van der Waals surface area (Å²) in [5, 5.41) is 20.7. The van der Waals surface area contributed by atoms with Gasteiger partial charge in [-0.25, -0.2) is 0 Å². The molecule has 4 rings (SSSR count). The van der Waals surface area contributed by atoms with Crippen LogP contribution in [0.15, 0.2) is 54.6 Å². The Morgan fingerprint density at radius 3 is 2.35 bits per heavy atom. The minimum absolute atomic E-state index is 0.00478. The van der Waals surface area contributed by atoms with Crippen LogP contribution in [0.25, 0.3) is 11.3 Å². The summed E-state index contributed by atoms with van der Waals surface area (Å²) in [5.41, 5.74) is 1.23. The Balaban J connectivity index is 1.45. The van der Waals surface area contributed by atoms with Crippen molar-refractivity contribution in [2.45, 2.75) is 0 Å². The van der Waals surface area contributed by atoms with E-state index >= 15 is 0 Å². The highest BCUT2D eigenvalue weighted by atomic mass is 35.5. The number of nitro benzene ring substituents is 1. The molecule has 158 valence electrons. The molecule has 1 aromatic heterocycles. The van der Waals surface area contributed by atoms with Gasteiger partial charge in [-0.1, -0.05) is 41.4 Å². The lowest BCUT2D eigenvalue weighted by Gasteiger charge is -2.35. The Hall–Kier alpha value is -3.23. The fourth-order valence-corrected chi connectivity index (χ4v) is 3.86. The number of nitro groups is 1. The first kappa shape index (κ1) is 21.0. The van der Waals surface area contributed by atoms with Gasteiger partial charge in [0.15, 0.2) is 5.82 Å². The van der Waals surface area contributed by atoms with Gasteiger partial charge in [-0.2, -0.15) is 0 Å². The minimum atomic E-state index is -0.573. The number of aromatic nitrogens is 2. The minimum Gasteiger partial charge on any atom is -0.352 e. The second-order valence-electron chi connectivity index (χ2n) is 6.95. The van der Waals surface area contributed by atoms with Crippen LogP contribution in [0, 0.1) is 10.1 Å². The molecule has 2 heterocycles. The van der Waals surface area contributed by atoms with Crippen molar-refractivity contribution in [3.05, 3.63) is 80.3 Å². The van der Waals surface area contributed by atoms with Crippen LogP contribution >= 0.6 is 23.2 Å². The predicted octanol–water partition coefficient (Wildman–Crippen LogP) is 4.32. The van der Waals surface area contributed by atoms with Gasteiger partial charge < -0.3 is 9.80 Å². The van der Waals surface area contributed by atoms with Crippen LogP contribution in [-0.2, 0) is 0 Å². The fourth-order valence-electron chi connectivity index (χ4n) is 3.45. The molecule has 0 spiro atoms. The van der Waals surface area contributed by atoms with E-state index in [2.05, 4.69) is 10.2 Å². The summed E-state index contributed by atoms with van der Waals surface area (Å²) in [6.07, 6.45) is 0. The lowest BCUT2D eigenvalue weighted by molar-refractivity contribution is -0.385. The molecule has 0 N–H and O–H groups in total. The predicted molar refractivity (Wildman–Crippen MR) is 119 cm³/mol. The third-order valence-corrected chi connectivity index (χ3v) is 5.64. The van der Waals surface area contributed by atoms with Gasteiger partial charge in [-0.3, -0.25) is 14.9 Å². The normalized spacial score (nSPS) is 13.9. The first-order valence-corrected chi connectivity index (χ1v) is 10.3. The Labute approximate surface area is 188 Å². The summed E-state index contributed by atoms with van der Waals surface area (Å²) in [6, 6.07) is 15.1. The smallest absolute Gasteiger partial charge is 0.282 e. The van der Waals surface area contributed by atoms with E-state index in [4.69, 9.17) is 23.2 Å². The molecule has 1 aliphatic rings. The number of benzene rings is 2. The summed E-state index contributed by atoms with van der Waals surface area (Å²) < 4.78 is 0. The number of carbonyl (C=O) groups is 1. The molecule has 0 radical (unpaired) electrons. The number of piperazine rings is 1. The molecule has 1 aliphatic heterocycles.